The highest BCUT2D eigenvalue weighted by Crippen LogP contribution is 2.43. The number of pyridine rings is 1. The minimum atomic E-state index is -4.63. The quantitative estimate of drug-likeness (QED) is 0.402. The van der Waals surface area contributed by atoms with Crippen LogP contribution in [0.1, 0.15) is 5.69 Å². The maximum atomic E-state index is 12.8. The number of benzene rings is 1. The lowest BCUT2D eigenvalue weighted by Gasteiger charge is -2.13. The Balaban J connectivity index is 2.00. The summed E-state index contributed by atoms with van der Waals surface area (Å²) in [7, 11) is -4.07. The Bertz CT molecular complexity index is 1200. The van der Waals surface area contributed by atoms with Crippen molar-refractivity contribution in [3.63, 3.8) is 0 Å². The number of phenols is 2. The molecule has 1 aromatic carbocycles. The fourth-order valence-corrected chi connectivity index (χ4v) is 2.84. The molecule has 3 aromatic rings. The van der Waals surface area contributed by atoms with E-state index in [1.54, 1.807) is 0 Å². The van der Waals surface area contributed by atoms with Crippen molar-refractivity contribution in [2.75, 3.05) is 11.6 Å². The molecule has 0 saturated carbocycles. The number of alkyl halides is 3. The van der Waals surface area contributed by atoms with Crippen LogP contribution >= 0.6 is 0 Å². The molecule has 0 unspecified atom stereocenters. The highest BCUT2D eigenvalue weighted by atomic mass is 32.2. The number of aromatic hydroxyl groups is 2. The van der Waals surface area contributed by atoms with E-state index in [-0.39, 0.29) is 22.9 Å². The second-order valence-electron chi connectivity index (χ2n) is 5.92. The first-order chi connectivity index (χ1) is 13.9. The number of phenolic OH excluding ortho intramolecular Hbond substituents is 2. The third-order valence-electron chi connectivity index (χ3n) is 3.58. The Morgan fingerprint density at radius 3 is 2.47 bits per heavy atom. The van der Waals surface area contributed by atoms with E-state index in [9.17, 15) is 31.8 Å². The molecule has 2 heterocycles. The van der Waals surface area contributed by atoms with Crippen LogP contribution in [0.3, 0.4) is 0 Å². The summed E-state index contributed by atoms with van der Waals surface area (Å²) in [5.41, 5.74) is -1.07. The fourth-order valence-electron chi connectivity index (χ4n) is 2.36. The van der Waals surface area contributed by atoms with E-state index in [4.69, 9.17) is 4.18 Å². The molecule has 0 saturated heterocycles. The highest BCUT2D eigenvalue weighted by Gasteiger charge is 2.32. The predicted molar refractivity (Wildman–Crippen MR) is 98.8 cm³/mol. The summed E-state index contributed by atoms with van der Waals surface area (Å²) in [4.78, 5) is 11.3. The summed E-state index contributed by atoms with van der Waals surface area (Å²) < 4.78 is 66.2. The van der Waals surface area contributed by atoms with Crippen molar-refractivity contribution in [1.29, 1.82) is 0 Å². The highest BCUT2D eigenvalue weighted by molar-refractivity contribution is 7.86. The summed E-state index contributed by atoms with van der Waals surface area (Å²) in [5, 5.41) is 22.2. The van der Waals surface area contributed by atoms with Crippen LogP contribution in [-0.2, 0) is 16.3 Å². The van der Waals surface area contributed by atoms with E-state index < -0.39 is 39.2 Å². The molecule has 0 amide bonds. The normalized spacial score (nSPS) is 11.9. The molecule has 0 aliphatic heterocycles. The van der Waals surface area contributed by atoms with Gasteiger partial charge in [-0.15, -0.1) is 0 Å². The lowest BCUT2D eigenvalue weighted by atomic mass is 10.1. The molecule has 0 aliphatic carbocycles. The number of aromatic nitrogens is 3. The van der Waals surface area contributed by atoms with Crippen molar-refractivity contribution in [2.45, 2.75) is 6.18 Å². The third kappa shape index (κ3) is 4.86. The Morgan fingerprint density at radius 1 is 1.07 bits per heavy atom. The lowest BCUT2D eigenvalue weighted by Crippen LogP contribution is -2.09. The zero-order chi connectivity index (χ0) is 22.1. The molecule has 0 atom stereocenters. The van der Waals surface area contributed by atoms with Gasteiger partial charge in [0.2, 0.25) is 5.75 Å². The Labute approximate surface area is 168 Å². The first-order valence-electron chi connectivity index (χ1n) is 8.02. The molecule has 158 valence electrons. The Morgan fingerprint density at radius 2 is 1.80 bits per heavy atom. The number of hydrogen-bond acceptors (Lipinski definition) is 9. The van der Waals surface area contributed by atoms with Crippen LogP contribution in [0.5, 0.6) is 17.2 Å². The summed E-state index contributed by atoms with van der Waals surface area (Å²) in [5.74, 6) is -2.14. The number of hydrogen-bond donors (Lipinski definition) is 3. The first kappa shape index (κ1) is 21.1. The molecule has 13 heteroatoms. The van der Waals surface area contributed by atoms with Gasteiger partial charge in [0, 0.05) is 11.6 Å². The van der Waals surface area contributed by atoms with Crippen molar-refractivity contribution >= 4 is 21.8 Å². The molecule has 0 spiro atoms. The van der Waals surface area contributed by atoms with Gasteiger partial charge in [0.15, 0.2) is 11.5 Å². The second-order valence-corrected chi connectivity index (χ2v) is 7.49. The lowest BCUT2D eigenvalue weighted by molar-refractivity contribution is -0.141. The molecule has 9 nitrogen and oxygen atoms in total. The van der Waals surface area contributed by atoms with E-state index >= 15 is 0 Å². The van der Waals surface area contributed by atoms with Crippen LogP contribution in [0.15, 0.2) is 42.7 Å². The van der Waals surface area contributed by atoms with Gasteiger partial charge in [0.05, 0.1) is 11.9 Å². The number of rotatable bonds is 5. The van der Waals surface area contributed by atoms with Crippen molar-refractivity contribution in [1.82, 2.24) is 15.0 Å². The molecule has 0 fully saturated rings. The summed E-state index contributed by atoms with van der Waals surface area (Å²) in [6, 6.07) is 6.86. The molecule has 0 aliphatic rings. The molecule has 2 aromatic heterocycles. The third-order valence-corrected chi connectivity index (χ3v) is 4.05. The van der Waals surface area contributed by atoms with Crippen molar-refractivity contribution in [3.05, 3.63) is 48.4 Å². The van der Waals surface area contributed by atoms with Crippen LogP contribution in [0.2, 0.25) is 0 Å². The van der Waals surface area contributed by atoms with E-state index in [1.807, 2.05) is 0 Å². The summed E-state index contributed by atoms with van der Waals surface area (Å²) in [6.07, 6.45) is -2.83. The van der Waals surface area contributed by atoms with Gasteiger partial charge in [-0.1, -0.05) is 6.07 Å². The van der Waals surface area contributed by atoms with Crippen LogP contribution in [0.25, 0.3) is 11.3 Å². The predicted octanol–water partition coefficient (Wildman–Crippen LogP) is 3.05. The zero-order valence-corrected chi connectivity index (χ0v) is 15.9. The molecule has 3 rings (SSSR count). The topological polar surface area (TPSA) is 135 Å². The van der Waals surface area contributed by atoms with Gasteiger partial charge < -0.3 is 19.7 Å². The van der Waals surface area contributed by atoms with Crippen LogP contribution < -0.4 is 9.50 Å². The van der Waals surface area contributed by atoms with Crippen molar-refractivity contribution in [3.8, 4) is 28.5 Å². The average Bonchev–Trinajstić information content (AvgIpc) is 2.64. The molecular formula is C17H13F3N4O5S. The van der Waals surface area contributed by atoms with E-state index in [0.29, 0.717) is 0 Å². The maximum Gasteiger partial charge on any atom is 0.433 e. The number of nitrogens with one attached hydrogen (secondary N) is 1. The van der Waals surface area contributed by atoms with Gasteiger partial charge in [-0.2, -0.15) is 21.6 Å². The Hall–Kier alpha value is -3.61. The van der Waals surface area contributed by atoms with Gasteiger partial charge in [0.25, 0.3) is 0 Å². The van der Waals surface area contributed by atoms with Crippen LogP contribution in [0, 0.1) is 0 Å². The van der Waals surface area contributed by atoms with Crippen LogP contribution in [0.4, 0.5) is 24.8 Å². The van der Waals surface area contributed by atoms with E-state index in [1.165, 1.54) is 18.2 Å². The fraction of sp³-hybridized carbons (Fsp3) is 0.118. The van der Waals surface area contributed by atoms with Gasteiger partial charge in [-0.3, -0.25) is 0 Å². The van der Waals surface area contributed by atoms with Gasteiger partial charge >= 0.3 is 16.3 Å². The average molecular weight is 442 g/mol. The van der Waals surface area contributed by atoms with Crippen molar-refractivity contribution in [2.24, 2.45) is 0 Å². The summed E-state index contributed by atoms with van der Waals surface area (Å²) >= 11 is 0. The number of nitrogens with zero attached hydrogens (tertiary/aromatic N) is 3. The standard InChI is InChI=1S/C17H13F3N4O5S/c1-30(27,28)29-16-9(5-6-11(25)15(16)26)10-7-14(22-8-21-10)24-13-4-2-3-12(23-13)17(18,19)20/h2-8,25-26H,1H3,(H,21,22,23,24). The first-order valence-corrected chi connectivity index (χ1v) is 9.84. The monoisotopic (exact) mass is 442 g/mol. The maximum absolute atomic E-state index is 12.8. The second kappa shape index (κ2) is 7.67. The molecule has 0 bridgehead atoms. The van der Waals surface area contributed by atoms with E-state index in [2.05, 4.69) is 20.3 Å². The minimum Gasteiger partial charge on any atom is -0.504 e. The smallest absolute Gasteiger partial charge is 0.433 e. The molecule has 0 radical (unpaired) electrons. The van der Waals surface area contributed by atoms with Gasteiger partial charge in [-0.25, -0.2) is 15.0 Å². The van der Waals surface area contributed by atoms with Crippen LogP contribution in [-0.4, -0.2) is 39.8 Å². The van der Waals surface area contributed by atoms with Gasteiger partial charge in [0.1, 0.15) is 23.7 Å². The Kier molecular flexibility index (Phi) is 5.39. The number of anilines is 2. The van der Waals surface area contributed by atoms with Crippen molar-refractivity contribution < 1.29 is 36.0 Å². The van der Waals surface area contributed by atoms with E-state index in [0.717, 1.165) is 30.8 Å². The van der Waals surface area contributed by atoms with Gasteiger partial charge in [-0.05, 0) is 24.3 Å². The molecule has 30 heavy (non-hydrogen) atoms. The summed E-state index contributed by atoms with van der Waals surface area (Å²) in [6.45, 7) is 0. The largest absolute Gasteiger partial charge is 0.504 e. The molecule has 3 N–H and O–H groups in total. The zero-order valence-electron chi connectivity index (χ0n) is 15.0. The SMILES string of the molecule is CS(=O)(=O)Oc1c(-c2cc(Nc3cccc(C(F)(F)F)n3)ncn2)ccc(O)c1O. The minimum absolute atomic E-state index is 0.0156. The number of halogens is 3. The molecular weight excluding hydrogens is 429 g/mol.